The molecule has 21 heavy (non-hydrogen) atoms. The number of hydrogen-bond acceptors (Lipinski definition) is 5. The predicted octanol–water partition coefficient (Wildman–Crippen LogP) is 2.85. The fraction of sp³-hybridized carbons (Fsp3) is 0.533. The number of thiophene rings is 1. The summed E-state index contributed by atoms with van der Waals surface area (Å²) in [7, 11) is 1.53. The van der Waals surface area contributed by atoms with Gasteiger partial charge in [-0.05, 0) is 57.2 Å². The Balaban J connectivity index is 2.26. The van der Waals surface area contributed by atoms with Crippen LogP contribution < -0.4 is 5.32 Å². The molecule has 1 N–H and O–H groups in total. The SMILES string of the molecule is CNCC(=Cc1csc(C#N)c1)B1OC(C)(C)C(C)(C)O1. The lowest BCUT2D eigenvalue weighted by molar-refractivity contribution is 0.00578. The highest BCUT2D eigenvalue weighted by Gasteiger charge is 2.52. The Morgan fingerprint density at radius 3 is 2.48 bits per heavy atom. The average Bonchev–Trinajstić information content (AvgIpc) is 2.92. The summed E-state index contributed by atoms with van der Waals surface area (Å²) in [5.41, 5.74) is 1.34. The van der Waals surface area contributed by atoms with Crippen molar-refractivity contribution in [3.8, 4) is 6.07 Å². The van der Waals surface area contributed by atoms with Gasteiger partial charge in [0.25, 0.3) is 0 Å². The van der Waals surface area contributed by atoms with Gasteiger partial charge in [0.15, 0.2) is 0 Å². The lowest BCUT2D eigenvalue weighted by Gasteiger charge is -2.32. The van der Waals surface area contributed by atoms with Gasteiger partial charge < -0.3 is 14.6 Å². The van der Waals surface area contributed by atoms with Crippen molar-refractivity contribution >= 4 is 24.5 Å². The predicted molar refractivity (Wildman–Crippen MR) is 87.0 cm³/mol. The fourth-order valence-electron chi connectivity index (χ4n) is 2.10. The van der Waals surface area contributed by atoms with E-state index in [9.17, 15) is 0 Å². The van der Waals surface area contributed by atoms with E-state index in [0.29, 0.717) is 11.4 Å². The first-order chi connectivity index (χ1) is 9.79. The van der Waals surface area contributed by atoms with Crippen LogP contribution in [-0.4, -0.2) is 31.9 Å². The zero-order valence-electron chi connectivity index (χ0n) is 13.2. The smallest absolute Gasteiger partial charge is 0.400 e. The maximum Gasteiger partial charge on any atom is 0.491 e. The summed E-state index contributed by atoms with van der Waals surface area (Å²) >= 11 is 1.44. The quantitative estimate of drug-likeness (QED) is 0.869. The van der Waals surface area contributed by atoms with Gasteiger partial charge in [0.1, 0.15) is 10.9 Å². The van der Waals surface area contributed by atoms with E-state index in [1.807, 2.05) is 52.3 Å². The molecule has 0 aromatic carbocycles. The number of rotatable bonds is 4. The lowest BCUT2D eigenvalue weighted by Crippen LogP contribution is -2.41. The number of nitriles is 1. The highest BCUT2D eigenvalue weighted by atomic mass is 32.1. The average molecular weight is 304 g/mol. The molecule has 0 spiro atoms. The van der Waals surface area contributed by atoms with E-state index in [0.717, 1.165) is 11.0 Å². The normalized spacial score (nSPS) is 20.6. The molecule has 2 rings (SSSR count). The van der Waals surface area contributed by atoms with Gasteiger partial charge in [-0.15, -0.1) is 11.3 Å². The van der Waals surface area contributed by atoms with E-state index in [1.165, 1.54) is 11.3 Å². The molecule has 0 radical (unpaired) electrons. The van der Waals surface area contributed by atoms with Crippen LogP contribution in [0.2, 0.25) is 0 Å². The first-order valence-electron chi connectivity index (χ1n) is 6.98. The maximum atomic E-state index is 8.92. The van der Waals surface area contributed by atoms with E-state index in [-0.39, 0.29) is 18.3 Å². The summed E-state index contributed by atoms with van der Waals surface area (Å²) in [6, 6.07) is 4.04. The Morgan fingerprint density at radius 2 is 2.00 bits per heavy atom. The molecule has 0 atom stereocenters. The van der Waals surface area contributed by atoms with Crippen LogP contribution in [0.25, 0.3) is 6.08 Å². The van der Waals surface area contributed by atoms with Crippen LogP contribution in [0.4, 0.5) is 0 Å². The second kappa shape index (κ2) is 5.94. The van der Waals surface area contributed by atoms with Crippen molar-refractivity contribution in [2.75, 3.05) is 13.6 Å². The number of nitrogens with one attached hydrogen (secondary N) is 1. The van der Waals surface area contributed by atoms with Gasteiger partial charge in [0, 0.05) is 6.54 Å². The van der Waals surface area contributed by atoms with Crippen LogP contribution in [0.5, 0.6) is 0 Å². The molecule has 1 fully saturated rings. The van der Waals surface area contributed by atoms with Gasteiger partial charge >= 0.3 is 7.12 Å². The molecule has 4 nitrogen and oxygen atoms in total. The Morgan fingerprint density at radius 1 is 1.38 bits per heavy atom. The van der Waals surface area contributed by atoms with E-state index < -0.39 is 0 Å². The van der Waals surface area contributed by atoms with Gasteiger partial charge in [0.05, 0.1) is 11.2 Å². The summed E-state index contributed by atoms with van der Waals surface area (Å²) in [6.07, 6.45) is 2.04. The molecular formula is C15H21BN2O2S. The third-order valence-corrected chi connectivity index (χ3v) is 4.87. The van der Waals surface area contributed by atoms with Gasteiger partial charge in [-0.2, -0.15) is 5.26 Å². The van der Waals surface area contributed by atoms with Crippen molar-refractivity contribution in [2.24, 2.45) is 0 Å². The van der Waals surface area contributed by atoms with Crippen LogP contribution in [0.15, 0.2) is 16.9 Å². The summed E-state index contributed by atoms with van der Waals surface area (Å²) in [5, 5.41) is 14.0. The molecule has 112 valence electrons. The van der Waals surface area contributed by atoms with Crippen molar-refractivity contribution in [1.82, 2.24) is 5.32 Å². The largest absolute Gasteiger partial charge is 0.491 e. The zero-order valence-corrected chi connectivity index (χ0v) is 14.0. The highest BCUT2D eigenvalue weighted by Crippen LogP contribution is 2.38. The summed E-state index contributed by atoms with van der Waals surface area (Å²) in [6.45, 7) is 8.85. The van der Waals surface area contributed by atoms with Gasteiger partial charge in [-0.3, -0.25) is 0 Å². The molecule has 0 amide bonds. The Labute approximate surface area is 130 Å². The summed E-state index contributed by atoms with van der Waals surface area (Å²) in [4.78, 5) is 0.707. The van der Waals surface area contributed by atoms with Gasteiger partial charge in [0.2, 0.25) is 0 Å². The van der Waals surface area contributed by atoms with E-state index in [2.05, 4.69) is 11.4 Å². The van der Waals surface area contributed by atoms with Gasteiger partial charge in [-0.1, -0.05) is 6.08 Å². The topological polar surface area (TPSA) is 54.3 Å². The van der Waals surface area contributed by atoms with Gasteiger partial charge in [-0.25, -0.2) is 0 Å². The molecular weight excluding hydrogens is 283 g/mol. The van der Waals surface area contributed by atoms with Crippen LogP contribution in [-0.2, 0) is 9.31 Å². The van der Waals surface area contributed by atoms with Crippen molar-refractivity contribution < 1.29 is 9.31 Å². The van der Waals surface area contributed by atoms with Crippen LogP contribution in [0.3, 0.4) is 0 Å². The van der Waals surface area contributed by atoms with Crippen LogP contribution >= 0.6 is 11.3 Å². The van der Waals surface area contributed by atoms with Crippen molar-refractivity contribution in [3.05, 3.63) is 27.4 Å². The van der Waals surface area contributed by atoms with Crippen LogP contribution in [0.1, 0.15) is 38.1 Å². The maximum absolute atomic E-state index is 8.92. The zero-order chi connectivity index (χ0) is 15.7. The standard InChI is InChI=1S/C15H21BN2O2S/c1-14(2)15(3,4)20-16(19-14)12(9-18-5)6-11-7-13(8-17)21-10-11/h6-7,10,18H,9H2,1-5H3. The Kier molecular flexibility index (Phi) is 4.59. The Hall–Kier alpha value is -1.13. The molecule has 1 aromatic rings. The van der Waals surface area contributed by atoms with Crippen LogP contribution in [0, 0.1) is 11.3 Å². The summed E-state index contributed by atoms with van der Waals surface area (Å²) < 4.78 is 12.2. The van der Waals surface area contributed by atoms with Crippen molar-refractivity contribution in [3.63, 3.8) is 0 Å². The molecule has 2 heterocycles. The monoisotopic (exact) mass is 304 g/mol. The molecule has 6 heteroatoms. The van der Waals surface area contributed by atoms with Crippen molar-refractivity contribution in [2.45, 2.75) is 38.9 Å². The minimum absolute atomic E-state index is 0.350. The van der Waals surface area contributed by atoms with E-state index in [4.69, 9.17) is 14.6 Å². The molecule has 1 aliphatic heterocycles. The minimum atomic E-state index is -0.368. The number of nitrogens with zero attached hydrogens (tertiary/aromatic N) is 1. The number of hydrogen-bond donors (Lipinski definition) is 1. The van der Waals surface area contributed by atoms with E-state index >= 15 is 0 Å². The second-order valence-electron chi connectivity index (χ2n) is 6.19. The first kappa shape index (κ1) is 16.2. The summed E-state index contributed by atoms with van der Waals surface area (Å²) in [5.74, 6) is 0. The lowest BCUT2D eigenvalue weighted by atomic mass is 9.77. The fourth-order valence-corrected chi connectivity index (χ4v) is 2.76. The molecule has 1 saturated heterocycles. The molecule has 0 saturated carbocycles. The molecule has 0 bridgehead atoms. The molecule has 0 unspecified atom stereocenters. The second-order valence-corrected chi connectivity index (χ2v) is 7.11. The highest BCUT2D eigenvalue weighted by molar-refractivity contribution is 7.10. The number of likely N-dealkylation sites (N-methyl/N-ethyl adjacent to an activating group) is 1. The Bertz CT molecular complexity index is 571. The van der Waals surface area contributed by atoms with E-state index in [1.54, 1.807) is 0 Å². The molecule has 1 aromatic heterocycles. The molecule has 0 aliphatic carbocycles. The third kappa shape index (κ3) is 3.38. The minimum Gasteiger partial charge on any atom is -0.400 e. The first-order valence-corrected chi connectivity index (χ1v) is 7.86. The van der Waals surface area contributed by atoms with Crippen molar-refractivity contribution in [1.29, 1.82) is 5.26 Å². The molecule has 1 aliphatic rings. The third-order valence-electron chi connectivity index (χ3n) is 4.02.